The quantitative estimate of drug-likeness (QED) is 0.777. The number of anilines is 1. The molecule has 0 N–H and O–H groups in total. The van der Waals surface area contributed by atoms with Gasteiger partial charge in [0.2, 0.25) is 5.91 Å². The number of halogens is 1. The highest BCUT2D eigenvalue weighted by Gasteiger charge is 2.17. The summed E-state index contributed by atoms with van der Waals surface area (Å²) in [4.78, 5) is 20.6. The minimum Gasteiger partial charge on any atom is -0.302 e. The maximum Gasteiger partial charge on any atom is 0.225 e. The number of thiazole rings is 1. The van der Waals surface area contributed by atoms with Crippen molar-refractivity contribution in [2.45, 2.75) is 20.8 Å². The van der Waals surface area contributed by atoms with Gasteiger partial charge in [0, 0.05) is 24.5 Å². The molecule has 0 fully saturated rings. The van der Waals surface area contributed by atoms with E-state index in [4.69, 9.17) is 0 Å². The van der Waals surface area contributed by atoms with Gasteiger partial charge in [0.15, 0.2) is 5.13 Å². The summed E-state index contributed by atoms with van der Waals surface area (Å²) in [6.45, 7) is 9.41. The molecular formula is C15H20BrN3OS. The molecule has 4 nitrogen and oxygen atoms in total. The van der Waals surface area contributed by atoms with Crippen molar-refractivity contribution in [3.8, 4) is 0 Å². The van der Waals surface area contributed by atoms with Crippen molar-refractivity contribution in [1.82, 2.24) is 9.88 Å². The molecule has 0 saturated heterocycles. The second kappa shape index (κ2) is 7.33. The third-order valence-corrected chi connectivity index (χ3v) is 5.02. The second-order valence-corrected chi connectivity index (χ2v) is 6.73. The molecule has 0 aliphatic heterocycles. The number of amides is 1. The number of aromatic nitrogens is 1. The van der Waals surface area contributed by atoms with Crippen LogP contribution in [0.5, 0.6) is 0 Å². The first-order valence-corrected chi connectivity index (χ1v) is 8.72. The van der Waals surface area contributed by atoms with Crippen LogP contribution < -0.4 is 4.90 Å². The number of likely N-dealkylation sites (N-methyl/N-ethyl adjacent to an activating group) is 1. The molecule has 0 aliphatic carbocycles. The fourth-order valence-corrected chi connectivity index (χ4v) is 3.76. The van der Waals surface area contributed by atoms with E-state index in [1.807, 2.05) is 18.2 Å². The van der Waals surface area contributed by atoms with Crippen LogP contribution in [0.1, 0.15) is 20.8 Å². The molecule has 0 atom stereocenters. The van der Waals surface area contributed by atoms with Gasteiger partial charge in [0.1, 0.15) is 0 Å². The summed E-state index contributed by atoms with van der Waals surface area (Å²) >= 11 is 5.03. The summed E-state index contributed by atoms with van der Waals surface area (Å²) in [7, 11) is 0. The normalized spacial score (nSPS) is 11.3. The third kappa shape index (κ3) is 4.02. The predicted molar refractivity (Wildman–Crippen MR) is 93.1 cm³/mol. The third-order valence-electron chi connectivity index (χ3n) is 3.48. The molecule has 21 heavy (non-hydrogen) atoms. The summed E-state index contributed by atoms with van der Waals surface area (Å²) in [5.74, 6) is 0.0419. The Labute approximate surface area is 137 Å². The maximum absolute atomic E-state index is 11.9. The zero-order valence-electron chi connectivity index (χ0n) is 12.6. The van der Waals surface area contributed by atoms with Crippen molar-refractivity contribution in [2.75, 3.05) is 31.1 Å². The first-order valence-electron chi connectivity index (χ1n) is 7.11. The molecule has 0 bridgehead atoms. The van der Waals surface area contributed by atoms with Gasteiger partial charge in [0.05, 0.1) is 10.2 Å². The number of hydrogen-bond acceptors (Lipinski definition) is 4. The van der Waals surface area contributed by atoms with Gasteiger partial charge in [-0.25, -0.2) is 4.98 Å². The Morgan fingerprint density at radius 3 is 2.62 bits per heavy atom. The van der Waals surface area contributed by atoms with Gasteiger partial charge in [-0.3, -0.25) is 9.69 Å². The fourth-order valence-electron chi connectivity index (χ4n) is 2.17. The summed E-state index contributed by atoms with van der Waals surface area (Å²) < 4.78 is 2.12. The Morgan fingerprint density at radius 1 is 1.29 bits per heavy atom. The average molecular weight is 370 g/mol. The van der Waals surface area contributed by atoms with Gasteiger partial charge in [0.25, 0.3) is 0 Å². The molecule has 2 rings (SSSR count). The van der Waals surface area contributed by atoms with E-state index >= 15 is 0 Å². The number of carbonyl (C=O) groups excluding carboxylic acids is 1. The maximum atomic E-state index is 11.9. The summed E-state index contributed by atoms with van der Waals surface area (Å²) in [5, 5.41) is 0.780. The Morgan fingerprint density at radius 2 is 2.00 bits per heavy atom. The van der Waals surface area contributed by atoms with Crippen molar-refractivity contribution in [2.24, 2.45) is 0 Å². The molecule has 114 valence electrons. The van der Waals surface area contributed by atoms with E-state index in [1.165, 1.54) is 0 Å². The lowest BCUT2D eigenvalue weighted by atomic mass is 10.3. The summed E-state index contributed by atoms with van der Waals surface area (Å²) in [5.41, 5.74) is 0.937. The van der Waals surface area contributed by atoms with Crippen LogP contribution >= 0.6 is 27.3 Å². The van der Waals surface area contributed by atoms with E-state index in [9.17, 15) is 4.79 Å². The van der Waals surface area contributed by atoms with Crippen LogP contribution in [-0.2, 0) is 4.79 Å². The van der Waals surface area contributed by atoms with Crippen LogP contribution in [0.25, 0.3) is 10.2 Å². The topological polar surface area (TPSA) is 36.4 Å². The number of nitrogens with zero attached hydrogens (tertiary/aromatic N) is 3. The minimum absolute atomic E-state index is 0.0419. The Hall–Kier alpha value is -0.980. The number of rotatable bonds is 6. The largest absolute Gasteiger partial charge is 0.302 e. The van der Waals surface area contributed by atoms with E-state index in [0.717, 1.165) is 39.5 Å². The Balaban J connectivity index is 2.21. The molecule has 0 spiro atoms. The number of fused-ring (bicyclic) bond motifs is 1. The Kier molecular flexibility index (Phi) is 5.72. The van der Waals surface area contributed by atoms with Crippen LogP contribution in [0.4, 0.5) is 5.13 Å². The monoisotopic (exact) mass is 369 g/mol. The van der Waals surface area contributed by atoms with Crippen LogP contribution in [0, 0.1) is 0 Å². The van der Waals surface area contributed by atoms with Crippen molar-refractivity contribution in [3.63, 3.8) is 0 Å². The zero-order chi connectivity index (χ0) is 15.4. The summed E-state index contributed by atoms with van der Waals surface area (Å²) in [6, 6.07) is 5.99. The minimum atomic E-state index is 0.0419. The van der Waals surface area contributed by atoms with E-state index in [2.05, 4.69) is 39.7 Å². The molecule has 1 aromatic heterocycles. The van der Waals surface area contributed by atoms with Crippen molar-refractivity contribution >= 4 is 48.5 Å². The van der Waals surface area contributed by atoms with Gasteiger partial charge >= 0.3 is 0 Å². The van der Waals surface area contributed by atoms with Gasteiger partial charge in [-0.1, -0.05) is 41.1 Å². The van der Waals surface area contributed by atoms with Crippen LogP contribution in [-0.4, -0.2) is 42.0 Å². The van der Waals surface area contributed by atoms with Gasteiger partial charge in [-0.15, -0.1) is 0 Å². The van der Waals surface area contributed by atoms with E-state index < -0.39 is 0 Å². The lowest BCUT2D eigenvalue weighted by Crippen LogP contribution is -2.37. The van der Waals surface area contributed by atoms with Gasteiger partial charge in [-0.05, 0) is 31.3 Å². The lowest BCUT2D eigenvalue weighted by molar-refractivity contribution is -0.116. The van der Waals surface area contributed by atoms with Crippen LogP contribution in [0.15, 0.2) is 22.7 Å². The molecule has 0 aliphatic rings. The lowest BCUT2D eigenvalue weighted by Gasteiger charge is -2.23. The van der Waals surface area contributed by atoms with Crippen molar-refractivity contribution in [3.05, 3.63) is 22.7 Å². The molecule has 2 aromatic rings. The van der Waals surface area contributed by atoms with Gasteiger partial charge in [-0.2, -0.15) is 0 Å². The highest BCUT2D eigenvalue weighted by Crippen LogP contribution is 2.30. The predicted octanol–water partition coefficient (Wildman–Crippen LogP) is 3.75. The molecule has 6 heteroatoms. The number of hydrogen-bond donors (Lipinski definition) is 0. The SMILES string of the molecule is CCN(CC)CCN(C(C)=O)c1nc2ccc(Br)cc2s1. The molecular weight excluding hydrogens is 350 g/mol. The molecule has 1 amide bonds. The molecule has 1 heterocycles. The second-order valence-electron chi connectivity index (χ2n) is 4.81. The Bertz CT molecular complexity index is 624. The fraction of sp³-hybridized carbons (Fsp3) is 0.467. The molecule has 1 aromatic carbocycles. The van der Waals surface area contributed by atoms with Crippen LogP contribution in [0.2, 0.25) is 0 Å². The van der Waals surface area contributed by atoms with Crippen molar-refractivity contribution in [1.29, 1.82) is 0 Å². The van der Waals surface area contributed by atoms with E-state index in [-0.39, 0.29) is 5.91 Å². The average Bonchev–Trinajstić information content (AvgIpc) is 2.85. The standard InChI is InChI=1S/C15H20BrN3OS/c1-4-18(5-2)8-9-19(11(3)20)15-17-13-7-6-12(16)10-14(13)21-15/h6-7,10H,4-5,8-9H2,1-3H3. The first-order chi connectivity index (χ1) is 10.0. The summed E-state index contributed by atoms with van der Waals surface area (Å²) in [6.07, 6.45) is 0. The van der Waals surface area contributed by atoms with E-state index in [1.54, 1.807) is 23.2 Å². The molecule has 0 radical (unpaired) electrons. The smallest absolute Gasteiger partial charge is 0.225 e. The molecule has 0 unspecified atom stereocenters. The highest BCUT2D eigenvalue weighted by molar-refractivity contribution is 9.10. The van der Waals surface area contributed by atoms with Gasteiger partial charge < -0.3 is 4.90 Å². The molecule has 0 saturated carbocycles. The van der Waals surface area contributed by atoms with Crippen molar-refractivity contribution < 1.29 is 4.79 Å². The zero-order valence-corrected chi connectivity index (χ0v) is 15.0. The van der Waals surface area contributed by atoms with Crippen LogP contribution in [0.3, 0.4) is 0 Å². The number of benzene rings is 1. The van der Waals surface area contributed by atoms with E-state index in [0.29, 0.717) is 6.54 Å². The number of carbonyl (C=O) groups is 1. The first kappa shape index (κ1) is 16.4. The highest BCUT2D eigenvalue weighted by atomic mass is 79.9.